The molecule has 100 valence electrons. The maximum absolute atomic E-state index is 13.7. The van der Waals surface area contributed by atoms with Gasteiger partial charge in [0.15, 0.2) is 0 Å². The molecule has 0 bridgehead atoms. The lowest BCUT2D eigenvalue weighted by Gasteiger charge is -2.25. The summed E-state index contributed by atoms with van der Waals surface area (Å²) < 4.78 is 19.3. The smallest absolute Gasteiger partial charge is 0.127 e. The normalized spacial score (nSPS) is 25.3. The molecule has 0 radical (unpaired) electrons. The highest BCUT2D eigenvalue weighted by atomic mass is 35.5. The number of halogens is 2. The van der Waals surface area contributed by atoms with Crippen LogP contribution in [-0.4, -0.2) is 18.8 Å². The minimum absolute atomic E-state index is 0.0306. The van der Waals surface area contributed by atoms with Gasteiger partial charge in [0.2, 0.25) is 0 Å². The molecule has 1 aromatic rings. The average molecular weight is 273 g/mol. The predicted octanol–water partition coefficient (Wildman–Crippen LogP) is 2.28. The molecule has 5 heteroatoms. The molecule has 1 saturated heterocycles. The Balaban J connectivity index is 2.15. The summed E-state index contributed by atoms with van der Waals surface area (Å²) in [6.07, 6.45) is 1.54. The molecule has 3 N–H and O–H groups in total. The second-order valence-corrected chi connectivity index (χ2v) is 5.11. The maximum Gasteiger partial charge on any atom is 0.127 e. The van der Waals surface area contributed by atoms with Crippen molar-refractivity contribution >= 4 is 11.6 Å². The number of ether oxygens (including phenoxy) is 1. The fraction of sp³-hybridized carbons (Fsp3) is 0.538. The van der Waals surface area contributed by atoms with Crippen molar-refractivity contribution in [1.29, 1.82) is 0 Å². The van der Waals surface area contributed by atoms with Crippen LogP contribution in [-0.2, 0) is 11.2 Å². The molecule has 2 rings (SSSR count). The lowest BCUT2D eigenvalue weighted by molar-refractivity contribution is 0.0953. The summed E-state index contributed by atoms with van der Waals surface area (Å²) in [4.78, 5) is 0. The van der Waals surface area contributed by atoms with Crippen LogP contribution in [0, 0.1) is 11.7 Å². The second-order valence-electron chi connectivity index (χ2n) is 4.71. The van der Waals surface area contributed by atoms with E-state index in [1.165, 1.54) is 6.07 Å². The number of rotatable bonds is 4. The number of hydrogen-bond acceptors (Lipinski definition) is 3. The molecule has 18 heavy (non-hydrogen) atoms. The van der Waals surface area contributed by atoms with Gasteiger partial charge >= 0.3 is 0 Å². The molecule has 0 aliphatic carbocycles. The van der Waals surface area contributed by atoms with E-state index in [1.54, 1.807) is 12.1 Å². The van der Waals surface area contributed by atoms with Gasteiger partial charge in [-0.1, -0.05) is 17.7 Å². The van der Waals surface area contributed by atoms with Crippen LogP contribution in [0.25, 0.3) is 0 Å². The minimum Gasteiger partial charge on any atom is -0.378 e. The Bertz CT molecular complexity index is 396. The molecule has 3 nitrogen and oxygen atoms in total. The molecule has 1 fully saturated rings. The van der Waals surface area contributed by atoms with Crippen molar-refractivity contribution in [3.8, 4) is 0 Å². The fourth-order valence-corrected chi connectivity index (χ4v) is 2.80. The quantitative estimate of drug-likeness (QED) is 0.653. The molecule has 3 atom stereocenters. The summed E-state index contributed by atoms with van der Waals surface area (Å²) in [5.41, 5.74) is 3.29. The molecule has 0 saturated carbocycles. The third-order valence-electron chi connectivity index (χ3n) is 3.65. The molecular weight excluding hydrogens is 255 g/mol. The molecule has 3 unspecified atom stereocenters. The number of benzene rings is 1. The van der Waals surface area contributed by atoms with Crippen LogP contribution in [0.2, 0.25) is 5.02 Å². The summed E-state index contributed by atoms with van der Waals surface area (Å²) in [6.45, 7) is 2.75. The maximum atomic E-state index is 13.7. The van der Waals surface area contributed by atoms with Gasteiger partial charge in [-0.3, -0.25) is 11.3 Å². The van der Waals surface area contributed by atoms with E-state index in [-0.39, 0.29) is 23.9 Å². The van der Waals surface area contributed by atoms with E-state index < -0.39 is 0 Å². The van der Waals surface area contributed by atoms with Gasteiger partial charge in [-0.2, -0.15) is 0 Å². The van der Waals surface area contributed by atoms with E-state index in [0.717, 1.165) is 13.0 Å². The Hall–Kier alpha value is -0.680. The van der Waals surface area contributed by atoms with Crippen molar-refractivity contribution in [2.75, 3.05) is 6.61 Å². The van der Waals surface area contributed by atoms with Crippen LogP contribution in [0.4, 0.5) is 4.39 Å². The molecule has 0 amide bonds. The van der Waals surface area contributed by atoms with Gasteiger partial charge in [-0.25, -0.2) is 4.39 Å². The molecule has 1 aliphatic heterocycles. The van der Waals surface area contributed by atoms with Crippen LogP contribution >= 0.6 is 11.6 Å². The second kappa shape index (κ2) is 5.97. The van der Waals surface area contributed by atoms with Gasteiger partial charge in [-0.15, -0.1) is 0 Å². The summed E-state index contributed by atoms with van der Waals surface area (Å²) in [5, 5.41) is 0.446. The van der Waals surface area contributed by atoms with E-state index in [1.807, 2.05) is 6.92 Å². The Morgan fingerprint density at radius 3 is 2.94 bits per heavy atom. The number of nitrogens with two attached hydrogens (primary N) is 1. The monoisotopic (exact) mass is 272 g/mol. The van der Waals surface area contributed by atoms with Crippen LogP contribution < -0.4 is 11.3 Å². The molecule has 1 aromatic carbocycles. The first-order chi connectivity index (χ1) is 8.63. The lowest BCUT2D eigenvalue weighted by Crippen LogP contribution is -2.44. The van der Waals surface area contributed by atoms with E-state index in [4.69, 9.17) is 22.2 Å². The highest BCUT2D eigenvalue weighted by molar-refractivity contribution is 6.31. The van der Waals surface area contributed by atoms with Crippen molar-refractivity contribution in [2.24, 2.45) is 11.8 Å². The summed E-state index contributed by atoms with van der Waals surface area (Å²) in [7, 11) is 0. The van der Waals surface area contributed by atoms with Crippen LogP contribution in [0.15, 0.2) is 18.2 Å². The first-order valence-corrected chi connectivity index (χ1v) is 6.52. The number of hydrazine groups is 1. The van der Waals surface area contributed by atoms with Gasteiger partial charge in [-0.05, 0) is 31.9 Å². The van der Waals surface area contributed by atoms with E-state index in [0.29, 0.717) is 17.0 Å². The lowest BCUT2D eigenvalue weighted by atomic mass is 9.89. The summed E-state index contributed by atoms with van der Waals surface area (Å²) in [6, 6.07) is 4.69. The Morgan fingerprint density at radius 2 is 2.39 bits per heavy atom. The zero-order chi connectivity index (χ0) is 13.1. The Morgan fingerprint density at radius 1 is 1.61 bits per heavy atom. The van der Waals surface area contributed by atoms with Gasteiger partial charge in [0.05, 0.1) is 6.10 Å². The average Bonchev–Trinajstić information content (AvgIpc) is 2.76. The Kier molecular flexibility index (Phi) is 4.56. The molecule has 0 spiro atoms. The van der Waals surface area contributed by atoms with Gasteiger partial charge in [0.1, 0.15) is 5.82 Å². The zero-order valence-corrected chi connectivity index (χ0v) is 11.1. The fourth-order valence-electron chi connectivity index (χ4n) is 2.56. The first kappa shape index (κ1) is 13.7. The highest BCUT2D eigenvalue weighted by Crippen LogP contribution is 2.28. The van der Waals surface area contributed by atoms with Crippen LogP contribution in [0.1, 0.15) is 18.9 Å². The van der Waals surface area contributed by atoms with Crippen LogP contribution in [0.5, 0.6) is 0 Å². The van der Waals surface area contributed by atoms with E-state index in [9.17, 15) is 4.39 Å². The van der Waals surface area contributed by atoms with Crippen molar-refractivity contribution in [1.82, 2.24) is 5.43 Å². The third kappa shape index (κ3) is 2.83. The number of nitrogens with one attached hydrogen (secondary N) is 1. The Labute approximate surface area is 111 Å². The SMILES string of the molecule is CC1OCCC1C(Cc1c(F)cccc1Cl)NN. The molecule has 1 heterocycles. The largest absolute Gasteiger partial charge is 0.378 e. The van der Waals surface area contributed by atoms with Gasteiger partial charge in [0, 0.05) is 29.2 Å². The number of hydrogen-bond donors (Lipinski definition) is 2. The van der Waals surface area contributed by atoms with Crippen molar-refractivity contribution in [3.63, 3.8) is 0 Å². The standard InChI is InChI=1S/C13H18ClFN2O/c1-8-9(5-6-18-8)13(17-16)7-10-11(14)3-2-4-12(10)15/h2-4,8-9,13,17H,5-7,16H2,1H3. The topological polar surface area (TPSA) is 47.3 Å². The first-order valence-electron chi connectivity index (χ1n) is 6.14. The van der Waals surface area contributed by atoms with Crippen LogP contribution in [0.3, 0.4) is 0 Å². The molecular formula is C13H18ClFN2O. The van der Waals surface area contributed by atoms with E-state index >= 15 is 0 Å². The zero-order valence-electron chi connectivity index (χ0n) is 10.3. The summed E-state index contributed by atoms with van der Waals surface area (Å²) >= 11 is 6.03. The van der Waals surface area contributed by atoms with Crippen molar-refractivity contribution in [3.05, 3.63) is 34.6 Å². The highest BCUT2D eigenvalue weighted by Gasteiger charge is 2.32. The van der Waals surface area contributed by atoms with E-state index in [2.05, 4.69) is 5.43 Å². The van der Waals surface area contributed by atoms with Crippen molar-refractivity contribution < 1.29 is 9.13 Å². The van der Waals surface area contributed by atoms with Gasteiger partial charge in [0.25, 0.3) is 0 Å². The third-order valence-corrected chi connectivity index (χ3v) is 4.01. The van der Waals surface area contributed by atoms with Gasteiger partial charge < -0.3 is 4.74 Å². The summed E-state index contributed by atoms with van der Waals surface area (Å²) in [5.74, 6) is 5.59. The minimum atomic E-state index is -0.283. The van der Waals surface area contributed by atoms with Crippen molar-refractivity contribution in [2.45, 2.75) is 31.9 Å². The predicted molar refractivity (Wildman–Crippen MR) is 69.7 cm³/mol. The molecule has 1 aliphatic rings. The molecule has 0 aromatic heterocycles.